The fourth-order valence-electron chi connectivity index (χ4n) is 4.40. The van der Waals surface area contributed by atoms with Gasteiger partial charge in [-0.1, -0.05) is 31.4 Å². The summed E-state index contributed by atoms with van der Waals surface area (Å²) >= 11 is 0. The van der Waals surface area contributed by atoms with Crippen LogP contribution in [0.3, 0.4) is 0 Å². The van der Waals surface area contributed by atoms with Gasteiger partial charge in [-0.25, -0.2) is 8.42 Å². The summed E-state index contributed by atoms with van der Waals surface area (Å²) in [5, 5.41) is 1.50. The monoisotopic (exact) mass is 401 g/mol. The van der Waals surface area contributed by atoms with E-state index in [2.05, 4.69) is 4.98 Å². The molecule has 0 radical (unpaired) electrons. The molecule has 150 valence electrons. The molecule has 28 heavy (non-hydrogen) atoms. The molecule has 1 saturated heterocycles. The van der Waals surface area contributed by atoms with Crippen molar-refractivity contribution in [3.63, 3.8) is 0 Å². The molecule has 0 bridgehead atoms. The van der Waals surface area contributed by atoms with Crippen LogP contribution in [-0.4, -0.2) is 54.7 Å². The fraction of sp³-hybridized carbons (Fsp3) is 0.524. The summed E-state index contributed by atoms with van der Waals surface area (Å²) in [5.74, 6) is 0.687. The molecule has 2 heterocycles. The summed E-state index contributed by atoms with van der Waals surface area (Å²) in [6, 6.07) is 7.01. The number of pyridine rings is 1. The highest BCUT2D eigenvalue weighted by Crippen LogP contribution is 2.28. The van der Waals surface area contributed by atoms with Gasteiger partial charge >= 0.3 is 0 Å². The Labute approximate surface area is 166 Å². The second kappa shape index (κ2) is 8.17. The first-order valence-corrected chi connectivity index (χ1v) is 11.6. The second-order valence-corrected chi connectivity index (χ2v) is 9.75. The van der Waals surface area contributed by atoms with Crippen LogP contribution in [0.1, 0.15) is 38.5 Å². The summed E-state index contributed by atoms with van der Waals surface area (Å²) in [7, 11) is -3.60. The maximum absolute atomic E-state index is 13.2. The lowest BCUT2D eigenvalue weighted by atomic mass is 9.86. The molecule has 2 fully saturated rings. The van der Waals surface area contributed by atoms with E-state index < -0.39 is 10.0 Å². The van der Waals surface area contributed by atoms with E-state index in [9.17, 15) is 13.2 Å². The third-order valence-corrected chi connectivity index (χ3v) is 7.99. The summed E-state index contributed by atoms with van der Waals surface area (Å²) in [5.41, 5.74) is 0. The minimum Gasteiger partial charge on any atom is -0.340 e. The number of aromatic nitrogens is 1. The summed E-state index contributed by atoms with van der Waals surface area (Å²) < 4.78 is 27.9. The molecule has 1 aromatic heterocycles. The van der Waals surface area contributed by atoms with Crippen molar-refractivity contribution in [2.24, 2.45) is 5.92 Å². The molecule has 0 unspecified atom stereocenters. The van der Waals surface area contributed by atoms with Crippen molar-refractivity contribution in [1.29, 1.82) is 0 Å². The van der Waals surface area contributed by atoms with Gasteiger partial charge in [-0.05, 0) is 30.9 Å². The van der Waals surface area contributed by atoms with Gasteiger partial charge in [-0.15, -0.1) is 0 Å². The lowest BCUT2D eigenvalue weighted by Gasteiger charge is -2.35. The van der Waals surface area contributed by atoms with Gasteiger partial charge in [0.2, 0.25) is 15.9 Å². The highest BCUT2D eigenvalue weighted by atomic mass is 32.2. The number of nitrogens with zero attached hydrogens (tertiary/aromatic N) is 3. The number of carbonyl (C=O) groups excluding carboxylic acids is 1. The molecule has 2 aliphatic rings. The first-order chi connectivity index (χ1) is 13.6. The maximum atomic E-state index is 13.2. The van der Waals surface area contributed by atoms with Crippen molar-refractivity contribution in [3.8, 4) is 0 Å². The first-order valence-electron chi connectivity index (χ1n) is 10.2. The van der Waals surface area contributed by atoms with Crippen LogP contribution >= 0.6 is 0 Å². The van der Waals surface area contributed by atoms with E-state index in [1.807, 2.05) is 11.0 Å². The standard InChI is InChI=1S/C21H27N3O3S/c25-21(15-17-5-2-1-3-6-17)23-11-13-24(14-12-23)28(26,27)20-8-4-7-18-16-22-10-9-19(18)20/h4,7-10,16-17H,1-3,5-6,11-15H2. The molecule has 1 aliphatic carbocycles. The molecule has 1 aromatic carbocycles. The number of sulfonamides is 1. The Hall–Kier alpha value is -1.99. The predicted octanol–water partition coefficient (Wildman–Crippen LogP) is 3.04. The van der Waals surface area contributed by atoms with Crippen LogP contribution in [0.5, 0.6) is 0 Å². The molecule has 7 heteroatoms. The van der Waals surface area contributed by atoms with Crippen molar-refractivity contribution in [1.82, 2.24) is 14.2 Å². The largest absolute Gasteiger partial charge is 0.340 e. The predicted molar refractivity (Wildman–Crippen MR) is 108 cm³/mol. The molecule has 1 aliphatic heterocycles. The van der Waals surface area contributed by atoms with Gasteiger partial charge < -0.3 is 4.90 Å². The zero-order valence-corrected chi connectivity index (χ0v) is 16.9. The van der Waals surface area contributed by atoms with Crippen LogP contribution in [0.4, 0.5) is 0 Å². The molecule has 0 N–H and O–H groups in total. The van der Waals surface area contributed by atoms with Crippen LogP contribution in [-0.2, 0) is 14.8 Å². The Morgan fingerprint density at radius 2 is 1.79 bits per heavy atom. The Kier molecular flexibility index (Phi) is 5.64. The van der Waals surface area contributed by atoms with Crippen LogP contribution in [0, 0.1) is 5.92 Å². The highest BCUT2D eigenvalue weighted by molar-refractivity contribution is 7.89. The van der Waals surface area contributed by atoms with E-state index >= 15 is 0 Å². The average molecular weight is 402 g/mol. The normalized spacial score (nSPS) is 19.8. The molecule has 1 amide bonds. The van der Waals surface area contributed by atoms with Crippen LogP contribution < -0.4 is 0 Å². The minimum absolute atomic E-state index is 0.181. The summed E-state index contributed by atoms with van der Waals surface area (Å²) in [4.78, 5) is 18.8. The Bertz CT molecular complexity index is 941. The lowest BCUT2D eigenvalue weighted by molar-refractivity contribution is -0.133. The van der Waals surface area contributed by atoms with Crippen molar-refractivity contribution >= 4 is 26.7 Å². The number of hydrogen-bond acceptors (Lipinski definition) is 4. The highest BCUT2D eigenvalue weighted by Gasteiger charge is 2.31. The maximum Gasteiger partial charge on any atom is 0.243 e. The van der Waals surface area contributed by atoms with Gasteiger partial charge in [0.05, 0.1) is 4.90 Å². The molecular weight excluding hydrogens is 374 g/mol. The van der Waals surface area contributed by atoms with Crippen molar-refractivity contribution in [2.45, 2.75) is 43.4 Å². The number of benzene rings is 1. The van der Waals surface area contributed by atoms with E-state index in [4.69, 9.17) is 0 Å². The molecule has 0 atom stereocenters. The number of amides is 1. The van der Waals surface area contributed by atoms with Crippen molar-refractivity contribution < 1.29 is 13.2 Å². The van der Waals surface area contributed by atoms with Gasteiger partial charge in [0, 0.05) is 55.8 Å². The zero-order chi connectivity index (χ0) is 19.6. The quantitative estimate of drug-likeness (QED) is 0.790. The third-order valence-electron chi connectivity index (χ3n) is 6.04. The number of fused-ring (bicyclic) bond motifs is 1. The smallest absolute Gasteiger partial charge is 0.243 e. The summed E-state index contributed by atoms with van der Waals surface area (Å²) in [6.45, 7) is 1.63. The van der Waals surface area contributed by atoms with Gasteiger partial charge in [0.1, 0.15) is 0 Å². The van der Waals surface area contributed by atoms with Gasteiger partial charge in [0.15, 0.2) is 0 Å². The molecule has 6 nitrogen and oxygen atoms in total. The van der Waals surface area contributed by atoms with E-state index in [1.165, 1.54) is 23.6 Å². The van der Waals surface area contributed by atoms with Crippen LogP contribution in [0.15, 0.2) is 41.6 Å². The molecular formula is C21H27N3O3S. The molecule has 4 rings (SSSR count). The van der Waals surface area contributed by atoms with Crippen LogP contribution in [0.2, 0.25) is 0 Å². The van der Waals surface area contributed by atoms with Gasteiger partial charge in [-0.3, -0.25) is 9.78 Å². The number of rotatable bonds is 4. The Morgan fingerprint density at radius 3 is 2.54 bits per heavy atom. The van der Waals surface area contributed by atoms with Crippen LogP contribution in [0.25, 0.3) is 10.8 Å². The number of carbonyl (C=O) groups is 1. The van der Waals surface area contributed by atoms with Gasteiger partial charge in [0.25, 0.3) is 0 Å². The lowest BCUT2D eigenvalue weighted by Crippen LogP contribution is -2.50. The zero-order valence-electron chi connectivity index (χ0n) is 16.1. The van der Waals surface area contributed by atoms with Gasteiger partial charge in [-0.2, -0.15) is 4.31 Å². The Balaban J connectivity index is 1.43. The average Bonchev–Trinajstić information content (AvgIpc) is 2.74. The number of piperazine rings is 1. The van der Waals surface area contributed by atoms with E-state index in [-0.39, 0.29) is 5.91 Å². The Morgan fingerprint density at radius 1 is 1.04 bits per heavy atom. The minimum atomic E-state index is -3.60. The van der Waals surface area contributed by atoms with E-state index in [1.54, 1.807) is 30.6 Å². The third kappa shape index (κ3) is 3.91. The number of hydrogen-bond donors (Lipinski definition) is 0. The van der Waals surface area contributed by atoms with Crippen molar-refractivity contribution in [2.75, 3.05) is 26.2 Å². The molecule has 1 saturated carbocycles. The molecule has 0 spiro atoms. The fourth-order valence-corrected chi connectivity index (χ4v) is 6.04. The van der Waals surface area contributed by atoms with Crippen molar-refractivity contribution in [3.05, 3.63) is 36.7 Å². The van der Waals surface area contributed by atoms with E-state index in [0.717, 1.165) is 18.2 Å². The summed E-state index contributed by atoms with van der Waals surface area (Å²) in [6.07, 6.45) is 9.94. The molecule has 2 aromatic rings. The second-order valence-electron chi connectivity index (χ2n) is 7.85. The first kappa shape index (κ1) is 19.3. The topological polar surface area (TPSA) is 70.6 Å². The van der Waals surface area contributed by atoms with E-state index in [0.29, 0.717) is 48.8 Å². The SMILES string of the molecule is O=C(CC1CCCCC1)N1CCN(S(=O)(=O)c2cccc3cnccc23)CC1.